The van der Waals surface area contributed by atoms with Crippen LogP contribution in [0.3, 0.4) is 0 Å². The average Bonchev–Trinajstić information content (AvgIpc) is 2.55. The van der Waals surface area contributed by atoms with E-state index in [0.717, 1.165) is 0 Å². The summed E-state index contributed by atoms with van der Waals surface area (Å²) >= 11 is 0. The zero-order valence-electron chi connectivity index (χ0n) is 13.2. The number of rotatable bonds is 5. The van der Waals surface area contributed by atoms with Crippen molar-refractivity contribution >= 4 is 0 Å². The SMILES string of the molecule is CO[C@@H]1O[C@@H](CO)[C@@H](O[C@H]2CC(O)[C@H](C)C(CO)O2)C(O)C1O. The minimum Gasteiger partial charge on any atom is -0.394 e. The van der Waals surface area contributed by atoms with E-state index in [0.29, 0.717) is 0 Å². The molecule has 0 aliphatic carbocycles. The van der Waals surface area contributed by atoms with Crippen molar-refractivity contribution in [3.05, 3.63) is 0 Å². The second-order valence-electron chi connectivity index (χ2n) is 5.99. The van der Waals surface area contributed by atoms with E-state index in [1.165, 1.54) is 7.11 Å². The topological polar surface area (TPSA) is 138 Å². The van der Waals surface area contributed by atoms with Crippen LogP contribution in [0.5, 0.6) is 0 Å². The minimum atomic E-state index is -1.36. The standard InChI is InChI=1S/C14H26O9/c1-6-7(17)3-10(21-8(6)4-15)23-13-9(5-16)22-14(20-2)12(19)11(13)18/h6-19H,3-5H2,1-2H3/t6-,7?,8?,9-,10-,11?,12?,13+,14+/m0/s1. The molecule has 9 atom stereocenters. The largest absolute Gasteiger partial charge is 0.394 e. The Morgan fingerprint density at radius 1 is 1.00 bits per heavy atom. The highest BCUT2D eigenvalue weighted by molar-refractivity contribution is 4.91. The molecule has 2 aliphatic rings. The third kappa shape index (κ3) is 4.01. The van der Waals surface area contributed by atoms with Gasteiger partial charge in [-0.25, -0.2) is 0 Å². The summed E-state index contributed by atoms with van der Waals surface area (Å²) in [5, 5.41) is 48.9. The molecule has 4 unspecified atom stereocenters. The number of ether oxygens (including phenoxy) is 4. The van der Waals surface area contributed by atoms with Crippen LogP contribution in [0, 0.1) is 5.92 Å². The molecule has 0 spiro atoms. The van der Waals surface area contributed by atoms with Crippen LogP contribution in [0.25, 0.3) is 0 Å². The zero-order chi connectivity index (χ0) is 17.1. The highest BCUT2D eigenvalue weighted by Crippen LogP contribution is 2.30. The van der Waals surface area contributed by atoms with Crippen molar-refractivity contribution in [1.82, 2.24) is 0 Å². The second-order valence-corrected chi connectivity index (χ2v) is 5.99. The molecule has 2 fully saturated rings. The maximum absolute atomic E-state index is 10.2. The molecule has 0 radical (unpaired) electrons. The maximum atomic E-state index is 10.2. The predicted octanol–water partition coefficient (Wildman–Crippen LogP) is -2.44. The molecule has 2 heterocycles. The molecule has 2 aliphatic heterocycles. The molecule has 0 aromatic carbocycles. The second kappa shape index (κ2) is 8.15. The lowest BCUT2D eigenvalue weighted by atomic mass is 9.92. The highest BCUT2D eigenvalue weighted by atomic mass is 16.7. The molecule has 2 saturated heterocycles. The van der Waals surface area contributed by atoms with Crippen LogP contribution in [0.1, 0.15) is 13.3 Å². The van der Waals surface area contributed by atoms with Gasteiger partial charge in [-0.2, -0.15) is 0 Å². The number of hydrogen-bond acceptors (Lipinski definition) is 9. The van der Waals surface area contributed by atoms with Crippen LogP contribution >= 0.6 is 0 Å². The van der Waals surface area contributed by atoms with Crippen molar-refractivity contribution in [2.24, 2.45) is 5.92 Å². The Bertz CT molecular complexity index is 366. The first-order valence-electron chi connectivity index (χ1n) is 7.68. The van der Waals surface area contributed by atoms with Crippen molar-refractivity contribution in [1.29, 1.82) is 0 Å². The van der Waals surface area contributed by atoms with Crippen molar-refractivity contribution in [3.63, 3.8) is 0 Å². The Kier molecular flexibility index (Phi) is 6.72. The summed E-state index contributed by atoms with van der Waals surface area (Å²) in [6.07, 6.45) is -7.88. The van der Waals surface area contributed by atoms with Crippen molar-refractivity contribution in [3.8, 4) is 0 Å². The average molecular weight is 338 g/mol. The molecule has 0 bridgehead atoms. The smallest absolute Gasteiger partial charge is 0.186 e. The van der Waals surface area contributed by atoms with Gasteiger partial charge in [0.25, 0.3) is 0 Å². The van der Waals surface area contributed by atoms with E-state index in [2.05, 4.69) is 0 Å². The normalized spacial score (nSPS) is 48.4. The van der Waals surface area contributed by atoms with Gasteiger partial charge in [0.05, 0.1) is 25.4 Å². The number of aliphatic hydroxyl groups is 5. The molecule has 23 heavy (non-hydrogen) atoms. The van der Waals surface area contributed by atoms with Crippen molar-refractivity contribution in [2.75, 3.05) is 20.3 Å². The first-order chi connectivity index (χ1) is 10.9. The van der Waals surface area contributed by atoms with Crippen LogP contribution in [-0.2, 0) is 18.9 Å². The molecule has 9 heteroatoms. The van der Waals surface area contributed by atoms with Gasteiger partial charge >= 0.3 is 0 Å². The van der Waals surface area contributed by atoms with E-state index >= 15 is 0 Å². The van der Waals surface area contributed by atoms with E-state index in [4.69, 9.17) is 18.9 Å². The Labute approximate surface area is 134 Å². The molecule has 0 aromatic heterocycles. The summed E-state index contributed by atoms with van der Waals surface area (Å²) in [7, 11) is 1.31. The lowest BCUT2D eigenvalue weighted by Crippen LogP contribution is -2.61. The highest BCUT2D eigenvalue weighted by Gasteiger charge is 2.47. The van der Waals surface area contributed by atoms with Gasteiger partial charge in [0.1, 0.15) is 24.4 Å². The first-order valence-corrected chi connectivity index (χ1v) is 7.68. The minimum absolute atomic E-state index is 0.142. The van der Waals surface area contributed by atoms with Crippen LogP contribution in [0.4, 0.5) is 0 Å². The van der Waals surface area contributed by atoms with Crippen LogP contribution in [0.2, 0.25) is 0 Å². The van der Waals surface area contributed by atoms with E-state index in [9.17, 15) is 25.5 Å². The molecule has 0 amide bonds. The third-order valence-corrected chi connectivity index (χ3v) is 4.50. The molecule has 2 rings (SSSR count). The Morgan fingerprint density at radius 3 is 2.22 bits per heavy atom. The first kappa shape index (κ1) is 19.0. The fraction of sp³-hybridized carbons (Fsp3) is 1.00. The molecule has 0 saturated carbocycles. The summed E-state index contributed by atoms with van der Waals surface area (Å²) < 4.78 is 21.4. The van der Waals surface area contributed by atoms with Gasteiger partial charge in [-0.15, -0.1) is 0 Å². The van der Waals surface area contributed by atoms with E-state index < -0.39 is 55.8 Å². The fourth-order valence-electron chi connectivity index (χ4n) is 2.92. The summed E-state index contributed by atoms with van der Waals surface area (Å²) in [5.41, 5.74) is 0. The van der Waals surface area contributed by atoms with Gasteiger partial charge in [-0.3, -0.25) is 0 Å². The summed E-state index contributed by atoms with van der Waals surface area (Å²) in [6, 6.07) is 0. The molecular weight excluding hydrogens is 312 g/mol. The number of hydrogen-bond donors (Lipinski definition) is 5. The van der Waals surface area contributed by atoms with Gasteiger partial charge < -0.3 is 44.5 Å². The maximum Gasteiger partial charge on any atom is 0.186 e. The van der Waals surface area contributed by atoms with Crippen molar-refractivity contribution < 1.29 is 44.5 Å². The summed E-state index contributed by atoms with van der Waals surface area (Å²) in [4.78, 5) is 0. The van der Waals surface area contributed by atoms with E-state index in [-0.39, 0.29) is 18.9 Å². The lowest BCUT2D eigenvalue weighted by molar-refractivity contribution is -0.336. The summed E-state index contributed by atoms with van der Waals surface area (Å²) in [5.74, 6) is -0.260. The van der Waals surface area contributed by atoms with E-state index in [1.807, 2.05) is 0 Å². The van der Waals surface area contributed by atoms with Gasteiger partial charge in [0.15, 0.2) is 12.6 Å². The fourth-order valence-corrected chi connectivity index (χ4v) is 2.92. The molecule has 136 valence electrons. The number of aliphatic hydroxyl groups excluding tert-OH is 5. The Balaban J connectivity index is 2.05. The predicted molar refractivity (Wildman–Crippen MR) is 75.2 cm³/mol. The third-order valence-electron chi connectivity index (χ3n) is 4.50. The van der Waals surface area contributed by atoms with E-state index in [1.54, 1.807) is 6.92 Å². The Hall–Kier alpha value is -0.360. The molecule has 0 aromatic rings. The van der Waals surface area contributed by atoms with Crippen molar-refractivity contribution in [2.45, 2.75) is 62.5 Å². The van der Waals surface area contributed by atoms with Gasteiger partial charge in [-0.05, 0) is 0 Å². The van der Waals surface area contributed by atoms with Gasteiger partial charge in [0.2, 0.25) is 0 Å². The molecule has 5 N–H and O–H groups in total. The zero-order valence-corrected chi connectivity index (χ0v) is 13.2. The quantitative estimate of drug-likeness (QED) is 0.370. The monoisotopic (exact) mass is 338 g/mol. The van der Waals surface area contributed by atoms with Gasteiger partial charge in [-0.1, -0.05) is 6.92 Å². The molecular formula is C14H26O9. The number of methoxy groups -OCH3 is 1. The lowest BCUT2D eigenvalue weighted by Gasteiger charge is -2.44. The van der Waals surface area contributed by atoms with Crippen LogP contribution in [-0.4, -0.2) is 95.1 Å². The summed E-state index contributed by atoms with van der Waals surface area (Å²) in [6.45, 7) is 1.02. The Morgan fingerprint density at radius 2 is 1.65 bits per heavy atom. The van der Waals surface area contributed by atoms with Gasteiger partial charge in [0, 0.05) is 19.4 Å². The van der Waals surface area contributed by atoms with Crippen LogP contribution in [0.15, 0.2) is 0 Å². The molecule has 9 nitrogen and oxygen atoms in total. The van der Waals surface area contributed by atoms with Crippen LogP contribution < -0.4 is 0 Å².